The van der Waals surface area contributed by atoms with Crippen LogP contribution < -0.4 is 0 Å². The van der Waals surface area contributed by atoms with Gasteiger partial charge in [-0.3, -0.25) is 0 Å². The Kier molecular flexibility index (Phi) is 3.91. The fourth-order valence-corrected chi connectivity index (χ4v) is 3.77. The lowest BCUT2D eigenvalue weighted by Crippen LogP contribution is -2.11. The second kappa shape index (κ2) is 6.14. The van der Waals surface area contributed by atoms with Crippen molar-refractivity contribution in [3.05, 3.63) is 46.9 Å². The number of nitrogens with zero attached hydrogens (tertiary/aromatic N) is 4. The Morgan fingerprint density at radius 1 is 1.35 bits per heavy atom. The van der Waals surface area contributed by atoms with Crippen LogP contribution in [0.25, 0.3) is 27.3 Å². The van der Waals surface area contributed by atoms with E-state index in [1.807, 2.05) is 6.92 Å². The summed E-state index contributed by atoms with van der Waals surface area (Å²) < 4.78 is 20.3. The summed E-state index contributed by atoms with van der Waals surface area (Å²) in [6.45, 7) is 5.45. The van der Waals surface area contributed by atoms with Gasteiger partial charge in [0.2, 0.25) is 0 Å². The number of carbonyl (C=O) groups is 1. The third-order valence-corrected chi connectivity index (χ3v) is 5.06. The summed E-state index contributed by atoms with van der Waals surface area (Å²) in [7, 11) is 0. The Morgan fingerprint density at radius 3 is 2.88 bits per heavy atom. The first-order valence-electron chi connectivity index (χ1n) is 8.05. The van der Waals surface area contributed by atoms with Crippen LogP contribution in [-0.2, 0) is 4.74 Å². The highest BCUT2D eigenvalue weighted by Gasteiger charge is 2.22. The van der Waals surface area contributed by atoms with Crippen LogP contribution in [0.5, 0.6) is 0 Å². The molecule has 0 radical (unpaired) electrons. The van der Waals surface area contributed by atoms with Gasteiger partial charge in [0.15, 0.2) is 11.5 Å². The molecule has 0 aliphatic carbocycles. The molecule has 0 saturated carbocycles. The number of thiophene rings is 1. The molecule has 3 aromatic heterocycles. The number of fused-ring (bicyclic) bond motifs is 3. The van der Waals surface area contributed by atoms with Gasteiger partial charge in [-0.2, -0.15) is 0 Å². The van der Waals surface area contributed by atoms with E-state index in [0.717, 1.165) is 10.9 Å². The highest BCUT2D eigenvalue weighted by molar-refractivity contribution is 7.20. The second-order valence-electron chi connectivity index (χ2n) is 6.15. The van der Waals surface area contributed by atoms with Gasteiger partial charge in [0.05, 0.1) is 11.5 Å². The highest BCUT2D eigenvalue weighted by atomic mass is 32.1. The summed E-state index contributed by atoms with van der Waals surface area (Å²) in [6, 6.07) is 6.11. The summed E-state index contributed by atoms with van der Waals surface area (Å²) >= 11 is 1.27. The van der Waals surface area contributed by atoms with Crippen LogP contribution >= 0.6 is 11.3 Å². The molecule has 0 saturated heterocycles. The Balaban J connectivity index is 1.89. The number of hydrogen-bond donors (Lipinski definition) is 0. The summed E-state index contributed by atoms with van der Waals surface area (Å²) in [4.78, 5) is 22.4. The van der Waals surface area contributed by atoms with Crippen LogP contribution in [0.3, 0.4) is 0 Å². The number of carbonyl (C=O) groups excluding carboxylic acids is 1. The van der Waals surface area contributed by atoms with Gasteiger partial charge >= 0.3 is 5.97 Å². The molecule has 0 bridgehead atoms. The average molecular weight is 370 g/mol. The molecule has 0 unspecified atom stereocenters. The van der Waals surface area contributed by atoms with Crippen LogP contribution in [0.2, 0.25) is 0 Å². The van der Waals surface area contributed by atoms with Crippen molar-refractivity contribution >= 4 is 33.2 Å². The molecule has 6 nitrogen and oxygen atoms in total. The summed E-state index contributed by atoms with van der Waals surface area (Å²) in [5, 5.41) is 5.14. The van der Waals surface area contributed by atoms with Crippen molar-refractivity contribution in [1.29, 1.82) is 0 Å². The molecule has 1 aromatic carbocycles. The van der Waals surface area contributed by atoms with Crippen LogP contribution in [0.15, 0.2) is 30.6 Å². The van der Waals surface area contributed by atoms with Gasteiger partial charge in [-0.25, -0.2) is 23.7 Å². The Bertz CT molecular complexity index is 1150. The number of hydrogen-bond acceptors (Lipinski definition) is 6. The zero-order valence-electron chi connectivity index (χ0n) is 14.4. The molecule has 0 amide bonds. The lowest BCUT2D eigenvalue weighted by Gasteiger charge is -2.06. The number of ether oxygens (including phenoxy) is 1. The van der Waals surface area contributed by atoms with Gasteiger partial charge < -0.3 is 4.74 Å². The van der Waals surface area contributed by atoms with Crippen molar-refractivity contribution in [3.63, 3.8) is 0 Å². The van der Waals surface area contributed by atoms with E-state index < -0.39 is 0 Å². The molecule has 0 spiro atoms. The zero-order valence-corrected chi connectivity index (χ0v) is 15.2. The first-order valence-corrected chi connectivity index (χ1v) is 8.87. The minimum Gasteiger partial charge on any atom is -0.459 e. The Hall–Kier alpha value is -2.87. The number of aryl methyl sites for hydroxylation is 1. The molecule has 26 heavy (non-hydrogen) atoms. The monoisotopic (exact) mass is 370 g/mol. The lowest BCUT2D eigenvalue weighted by atomic mass is 10.2. The summed E-state index contributed by atoms with van der Waals surface area (Å²) in [5.41, 5.74) is 1.91. The quantitative estimate of drug-likeness (QED) is 0.510. The average Bonchev–Trinajstić information content (AvgIpc) is 3.15. The minimum atomic E-state index is -0.372. The van der Waals surface area contributed by atoms with E-state index in [9.17, 15) is 9.18 Å². The molecule has 0 aliphatic rings. The molecule has 4 aromatic rings. The first kappa shape index (κ1) is 16.6. The normalized spacial score (nSPS) is 11.6. The maximum absolute atomic E-state index is 13.5. The van der Waals surface area contributed by atoms with Crippen molar-refractivity contribution in [3.8, 4) is 11.4 Å². The van der Waals surface area contributed by atoms with Crippen LogP contribution in [0.4, 0.5) is 4.39 Å². The van der Waals surface area contributed by atoms with Crippen LogP contribution in [-0.4, -0.2) is 31.7 Å². The number of aromatic nitrogens is 4. The molecule has 0 N–H and O–H groups in total. The van der Waals surface area contributed by atoms with E-state index >= 15 is 0 Å². The van der Waals surface area contributed by atoms with Crippen molar-refractivity contribution < 1.29 is 13.9 Å². The van der Waals surface area contributed by atoms with Gasteiger partial charge in [0, 0.05) is 5.56 Å². The molecule has 4 rings (SSSR count). The second-order valence-corrected chi connectivity index (χ2v) is 7.15. The highest BCUT2D eigenvalue weighted by Crippen LogP contribution is 2.33. The van der Waals surface area contributed by atoms with Gasteiger partial charge in [-0.1, -0.05) is 12.1 Å². The summed E-state index contributed by atoms with van der Waals surface area (Å²) in [6.07, 6.45) is 1.34. The van der Waals surface area contributed by atoms with Crippen molar-refractivity contribution in [1.82, 2.24) is 19.6 Å². The van der Waals surface area contributed by atoms with Crippen molar-refractivity contribution in [2.24, 2.45) is 0 Å². The first-order chi connectivity index (χ1) is 12.4. The van der Waals surface area contributed by atoms with Crippen LogP contribution in [0.1, 0.15) is 29.1 Å². The van der Waals surface area contributed by atoms with E-state index in [2.05, 4.69) is 15.1 Å². The predicted molar refractivity (Wildman–Crippen MR) is 96.8 cm³/mol. The standard InChI is InChI=1S/C18H15FN4O2S/c1-9(2)25-18(24)14-10(3)13-16-21-15(11-5-4-6-12(19)7-11)22-23(16)8-20-17(13)26-14/h4-9H,1-3H3. The van der Waals surface area contributed by atoms with E-state index in [4.69, 9.17) is 4.74 Å². The minimum absolute atomic E-state index is 0.201. The molecule has 0 aliphatic heterocycles. The largest absolute Gasteiger partial charge is 0.459 e. The maximum Gasteiger partial charge on any atom is 0.348 e. The molecule has 132 valence electrons. The van der Waals surface area contributed by atoms with Gasteiger partial charge in [-0.15, -0.1) is 16.4 Å². The predicted octanol–water partition coefficient (Wildman–Crippen LogP) is 4.02. The number of benzene rings is 1. The van der Waals surface area contributed by atoms with E-state index in [1.165, 1.54) is 23.5 Å². The zero-order chi connectivity index (χ0) is 18.4. The van der Waals surface area contributed by atoms with Gasteiger partial charge in [-0.05, 0) is 38.5 Å². The fourth-order valence-electron chi connectivity index (χ4n) is 2.75. The summed E-state index contributed by atoms with van der Waals surface area (Å²) in [5.74, 6) is -0.325. The van der Waals surface area contributed by atoms with Crippen LogP contribution in [0, 0.1) is 12.7 Å². The topological polar surface area (TPSA) is 69.4 Å². The van der Waals surface area contributed by atoms with E-state index in [1.54, 1.807) is 36.8 Å². The van der Waals surface area contributed by atoms with Crippen molar-refractivity contribution in [2.45, 2.75) is 26.9 Å². The molecule has 0 atom stereocenters. The maximum atomic E-state index is 13.5. The molecular weight excluding hydrogens is 355 g/mol. The smallest absolute Gasteiger partial charge is 0.348 e. The van der Waals surface area contributed by atoms with E-state index in [-0.39, 0.29) is 17.9 Å². The molecule has 3 heterocycles. The number of esters is 1. The Morgan fingerprint density at radius 2 is 2.15 bits per heavy atom. The fraction of sp³-hybridized carbons (Fsp3) is 0.222. The third kappa shape index (κ3) is 2.72. The van der Waals surface area contributed by atoms with E-state index in [0.29, 0.717) is 26.7 Å². The number of halogens is 1. The molecule has 8 heteroatoms. The van der Waals surface area contributed by atoms with Crippen molar-refractivity contribution in [2.75, 3.05) is 0 Å². The Labute approximate surface area is 152 Å². The lowest BCUT2D eigenvalue weighted by molar-refractivity contribution is 0.0383. The number of rotatable bonds is 3. The SMILES string of the molecule is Cc1c(C(=O)OC(C)C)sc2ncn3nc(-c4cccc(F)c4)nc3c12. The van der Waals surface area contributed by atoms with Gasteiger partial charge in [0.25, 0.3) is 0 Å². The molecular formula is C18H15FN4O2S. The third-order valence-electron chi connectivity index (χ3n) is 3.88. The van der Waals surface area contributed by atoms with Gasteiger partial charge in [0.1, 0.15) is 21.9 Å². The molecule has 0 fully saturated rings.